The van der Waals surface area contributed by atoms with Crippen LogP contribution in [0.15, 0.2) is 291 Å². The van der Waals surface area contributed by atoms with Crippen molar-refractivity contribution < 1.29 is 0 Å². The van der Waals surface area contributed by atoms with E-state index in [-0.39, 0.29) is 0 Å². The van der Waals surface area contributed by atoms with Crippen LogP contribution in [0.4, 0.5) is 34.1 Å². The molecule has 1 spiro atoms. The van der Waals surface area contributed by atoms with Crippen LogP contribution < -0.4 is 9.80 Å². The summed E-state index contributed by atoms with van der Waals surface area (Å²) in [6.07, 6.45) is 0. The van der Waals surface area contributed by atoms with E-state index in [2.05, 4.69) is 301 Å². The highest BCUT2D eigenvalue weighted by Crippen LogP contribution is 2.65. The summed E-state index contributed by atoms with van der Waals surface area (Å²) in [5.74, 6) is 0. The summed E-state index contributed by atoms with van der Waals surface area (Å²) in [6, 6.07) is 107. The van der Waals surface area contributed by atoms with Crippen molar-refractivity contribution >= 4 is 34.1 Å². The first kappa shape index (κ1) is 41.2. The number of hydrogen-bond acceptors (Lipinski definition) is 2. The molecule has 70 heavy (non-hydrogen) atoms. The van der Waals surface area contributed by atoms with E-state index in [0.29, 0.717) is 0 Å². The lowest BCUT2D eigenvalue weighted by Crippen LogP contribution is -2.44. The molecule has 330 valence electrons. The molecule has 0 atom stereocenters. The van der Waals surface area contributed by atoms with Crippen LogP contribution in [-0.4, -0.2) is 0 Å². The molecular formula is C68H48N2. The average molecular weight is 893 g/mol. The Labute approximate surface area is 410 Å². The van der Waals surface area contributed by atoms with Crippen LogP contribution >= 0.6 is 0 Å². The van der Waals surface area contributed by atoms with Gasteiger partial charge >= 0.3 is 0 Å². The lowest BCUT2D eigenvalue weighted by atomic mass is 9.51. The van der Waals surface area contributed by atoms with Crippen molar-refractivity contribution in [3.8, 4) is 22.3 Å². The third kappa shape index (κ3) is 6.34. The summed E-state index contributed by atoms with van der Waals surface area (Å²) in [5, 5.41) is 0. The van der Waals surface area contributed by atoms with Crippen molar-refractivity contribution in [2.45, 2.75) is 10.8 Å². The third-order valence-electron chi connectivity index (χ3n) is 14.8. The normalized spacial score (nSPS) is 13.4. The number of anilines is 6. The molecule has 11 aromatic rings. The predicted octanol–water partition coefficient (Wildman–Crippen LogP) is 17.4. The molecule has 2 heteroatoms. The van der Waals surface area contributed by atoms with E-state index < -0.39 is 10.8 Å². The number of para-hydroxylation sites is 2. The van der Waals surface area contributed by atoms with E-state index in [0.717, 1.165) is 34.1 Å². The molecule has 0 amide bonds. The van der Waals surface area contributed by atoms with Gasteiger partial charge in [0.25, 0.3) is 0 Å². The summed E-state index contributed by atoms with van der Waals surface area (Å²) in [7, 11) is 0. The SMILES string of the molecule is c1ccc(-c2ccc(N(c3ccccc3)c3cccc(N(c4ccccc4)c4ccc5c(c4)-c4ccccc4C54c5ccccc5C(c5ccccc5)(c5ccccc5)c5ccccc54)c3)cc2)cc1. The maximum Gasteiger partial charge on any atom is 0.0720 e. The molecule has 0 radical (unpaired) electrons. The highest BCUT2D eigenvalue weighted by molar-refractivity contribution is 5.93. The Morgan fingerprint density at radius 3 is 1.07 bits per heavy atom. The number of rotatable bonds is 9. The maximum atomic E-state index is 2.45. The van der Waals surface area contributed by atoms with Crippen molar-refractivity contribution in [1.82, 2.24) is 0 Å². The largest absolute Gasteiger partial charge is 0.310 e. The second kappa shape index (κ2) is 17.0. The minimum Gasteiger partial charge on any atom is -0.310 e. The first-order valence-electron chi connectivity index (χ1n) is 24.3. The van der Waals surface area contributed by atoms with E-state index in [1.165, 1.54) is 66.8 Å². The van der Waals surface area contributed by atoms with Crippen molar-refractivity contribution in [3.63, 3.8) is 0 Å². The van der Waals surface area contributed by atoms with Crippen LogP contribution in [-0.2, 0) is 10.8 Å². The fourth-order valence-electron chi connectivity index (χ4n) is 12.0. The maximum absolute atomic E-state index is 2.45. The summed E-state index contributed by atoms with van der Waals surface area (Å²) >= 11 is 0. The molecule has 0 saturated carbocycles. The van der Waals surface area contributed by atoms with Gasteiger partial charge in [0.15, 0.2) is 0 Å². The Bertz CT molecular complexity index is 3550. The van der Waals surface area contributed by atoms with E-state index in [1.807, 2.05) is 0 Å². The molecule has 0 bridgehead atoms. The molecule has 0 aliphatic heterocycles. The second-order valence-electron chi connectivity index (χ2n) is 18.4. The first-order chi connectivity index (χ1) is 34.7. The summed E-state index contributed by atoms with van der Waals surface area (Å²) in [5.41, 5.74) is 20.6. The molecule has 0 unspecified atom stereocenters. The quantitative estimate of drug-likeness (QED) is 0.142. The van der Waals surface area contributed by atoms with Gasteiger partial charge in [0, 0.05) is 34.1 Å². The van der Waals surface area contributed by atoms with Crippen LogP contribution in [0.2, 0.25) is 0 Å². The number of fused-ring (bicyclic) bond motifs is 9. The zero-order chi connectivity index (χ0) is 46.5. The Balaban J connectivity index is 1.00. The average Bonchev–Trinajstić information content (AvgIpc) is 3.73. The van der Waals surface area contributed by atoms with Gasteiger partial charge in [0.05, 0.1) is 10.8 Å². The van der Waals surface area contributed by atoms with Crippen molar-refractivity contribution in [2.75, 3.05) is 9.80 Å². The minimum absolute atomic E-state index is 0.550. The van der Waals surface area contributed by atoms with E-state index >= 15 is 0 Å². The minimum atomic E-state index is -0.575. The molecule has 0 aromatic heterocycles. The zero-order valence-corrected chi connectivity index (χ0v) is 38.6. The predicted molar refractivity (Wildman–Crippen MR) is 290 cm³/mol. The smallest absolute Gasteiger partial charge is 0.0720 e. The van der Waals surface area contributed by atoms with Gasteiger partial charge in [-0.3, -0.25) is 0 Å². The monoisotopic (exact) mass is 892 g/mol. The summed E-state index contributed by atoms with van der Waals surface area (Å²) in [6.45, 7) is 0. The summed E-state index contributed by atoms with van der Waals surface area (Å²) < 4.78 is 0. The lowest BCUT2D eigenvalue weighted by molar-refractivity contribution is 0.623. The number of nitrogens with zero attached hydrogens (tertiary/aromatic N) is 2. The second-order valence-corrected chi connectivity index (χ2v) is 18.4. The van der Waals surface area contributed by atoms with Crippen molar-refractivity contribution in [2.24, 2.45) is 0 Å². The molecule has 13 rings (SSSR count). The molecular weight excluding hydrogens is 845 g/mol. The topological polar surface area (TPSA) is 6.48 Å². The van der Waals surface area contributed by atoms with E-state index in [1.54, 1.807) is 0 Å². The molecule has 2 nitrogen and oxygen atoms in total. The van der Waals surface area contributed by atoms with Gasteiger partial charge in [-0.2, -0.15) is 0 Å². The van der Waals surface area contributed by atoms with Gasteiger partial charge in [0.1, 0.15) is 0 Å². The third-order valence-corrected chi connectivity index (χ3v) is 14.8. The molecule has 2 aliphatic carbocycles. The fourth-order valence-corrected chi connectivity index (χ4v) is 12.0. The Kier molecular flexibility index (Phi) is 9.99. The van der Waals surface area contributed by atoms with E-state index in [4.69, 9.17) is 0 Å². The van der Waals surface area contributed by atoms with Gasteiger partial charge in [-0.25, -0.2) is 0 Å². The number of hydrogen-bond donors (Lipinski definition) is 0. The Morgan fingerprint density at radius 2 is 0.543 bits per heavy atom. The molecule has 0 saturated heterocycles. The Hall–Kier alpha value is -8.98. The number of benzene rings is 11. The van der Waals surface area contributed by atoms with Crippen LogP contribution in [0.25, 0.3) is 22.3 Å². The zero-order valence-electron chi connectivity index (χ0n) is 38.6. The highest BCUT2D eigenvalue weighted by Gasteiger charge is 2.56. The van der Waals surface area contributed by atoms with Crippen LogP contribution in [0.1, 0.15) is 44.5 Å². The lowest BCUT2D eigenvalue weighted by Gasteiger charge is -2.50. The standard InChI is InChI=1S/C68H48N2/c1-6-23-49(24-7-1)50-41-43-55(44-42-50)69(53-29-12-4-13-30-53)56-33-22-34-57(47-56)70(54-31-14-5-15-32-54)58-45-46-62-60(48-58)59-35-16-17-36-61(59)68(62)65-39-20-18-37-63(65)67(51-25-8-2-9-26-51,52-27-10-3-11-28-52)64-38-19-21-40-66(64)68/h1-48H. The molecule has 0 N–H and O–H groups in total. The molecule has 0 heterocycles. The van der Waals surface area contributed by atoms with Gasteiger partial charge in [-0.05, 0) is 133 Å². The molecule has 2 aliphatic rings. The van der Waals surface area contributed by atoms with E-state index in [9.17, 15) is 0 Å². The first-order valence-corrected chi connectivity index (χ1v) is 24.3. The Morgan fingerprint density at radius 1 is 0.200 bits per heavy atom. The van der Waals surface area contributed by atoms with Crippen LogP contribution in [0, 0.1) is 0 Å². The van der Waals surface area contributed by atoms with Gasteiger partial charge in [-0.1, -0.05) is 224 Å². The fraction of sp³-hybridized carbons (Fsp3) is 0.0294. The van der Waals surface area contributed by atoms with Gasteiger partial charge < -0.3 is 9.80 Å². The van der Waals surface area contributed by atoms with Gasteiger partial charge in [-0.15, -0.1) is 0 Å². The van der Waals surface area contributed by atoms with Gasteiger partial charge in [0.2, 0.25) is 0 Å². The highest BCUT2D eigenvalue weighted by atomic mass is 15.2. The molecule has 11 aromatic carbocycles. The summed E-state index contributed by atoms with van der Waals surface area (Å²) in [4.78, 5) is 4.77. The van der Waals surface area contributed by atoms with Crippen LogP contribution in [0.3, 0.4) is 0 Å². The van der Waals surface area contributed by atoms with Crippen molar-refractivity contribution in [1.29, 1.82) is 0 Å². The molecule has 0 fully saturated rings. The van der Waals surface area contributed by atoms with Crippen LogP contribution in [0.5, 0.6) is 0 Å². The van der Waals surface area contributed by atoms with Crippen molar-refractivity contribution in [3.05, 3.63) is 336 Å².